The first-order valence-corrected chi connectivity index (χ1v) is 9.57. The molecule has 0 saturated heterocycles. The van der Waals surface area contributed by atoms with Crippen LogP contribution >= 0.6 is 0 Å². The monoisotopic (exact) mass is 405 g/mol. The van der Waals surface area contributed by atoms with Crippen molar-refractivity contribution >= 4 is 17.2 Å². The van der Waals surface area contributed by atoms with Gasteiger partial charge in [-0.05, 0) is 36.2 Å². The third-order valence-electron chi connectivity index (χ3n) is 4.75. The molecule has 4 aromatic rings. The van der Waals surface area contributed by atoms with Crippen LogP contribution < -0.4 is 10.9 Å². The summed E-state index contributed by atoms with van der Waals surface area (Å²) >= 11 is 0. The van der Waals surface area contributed by atoms with Gasteiger partial charge in [0.1, 0.15) is 11.6 Å². The van der Waals surface area contributed by atoms with Crippen LogP contribution in [0, 0.1) is 11.7 Å². The number of carbonyl (C=O) groups excluding carboxylic acids is 1. The number of hydrogen-bond acceptors (Lipinski definition) is 4. The zero-order chi connectivity index (χ0) is 21.1. The van der Waals surface area contributed by atoms with Crippen LogP contribution in [-0.4, -0.2) is 25.1 Å². The first-order chi connectivity index (χ1) is 14.5. The highest BCUT2D eigenvalue weighted by molar-refractivity contribution is 5.90. The first kappa shape index (κ1) is 19.5. The van der Waals surface area contributed by atoms with Gasteiger partial charge in [-0.2, -0.15) is 0 Å². The molecule has 152 valence electrons. The van der Waals surface area contributed by atoms with Crippen molar-refractivity contribution in [2.45, 2.75) is 19.8 Å². The molecule has 7 nitrogen and oxygen atoms in total. The van der Waals surface area contributed by atoms with Crippen LogP contribution in [0.5, 0.6) is 0 Å². The summed E-state index contributed by atoms with van der Waals surface area (Å²) in [5.41, 5.74) is 0.924. The Morgan fingerprint density at radius 3 is 2.67 bits per heavy atom. The van der Waals surface area contributed by atoms with E-state index in [0.717, 1.165) is 5.69 Å². The molecule has 2 aromatic carbocycles. The molecule has 2 aromatic heterocycles. The molecule has 0 aliphatic heterocycles. The number of hydrogen-bond donors (Lipinski definition) is 1. The van der Waals surface area contributed by atoms with Crippen molar-refractivity contribution in [2.24, 2.45) is 5.92 Å². The minimum absolute atomic E-state index is 0.00763. The van der Waals surface area contributed by atoms with E-state index in [0.29, 0.717) is 24.4 Å². The average molecular weight is 405 g/mol. The lowest BCUT2D eigenvalue weighted by atomic mass is 10.0. The molecule has 0 bridgehead atoms. The second kappa shape index (κ2) is 8.28. The molecule has 0 radical (unpaired) electrons. The number of aromatic nitrogens is 4. The molecule has 30 heavy (non-hydrogen) atoms. The van der Waals surface area contributed by atoms with Crippen molar-refractivity contribution in [3.63, 3.8) is 0 Å². The zero-order valence-electron chi connectivity index (χ0n) is 16.3. The summed E-state index contributed by atoms with van der Waals surface area (Å²) in [5, 5.41) is 11.0. The van der Waals surface area contributed by atoms with Gasteiger partial charge in [-0.15, -0.1) is 10.2 Å². The maximum Gasteiger partial charge on any atom is 0.300 e. The van der Waals surface area contributed by atoms with Gasteiger partial charge in [-0.25, -0.2) is 4.39 Å². The van der Waals surface area contributed by atoms with Crippen LogP contribution in [0.4, 0.5) is 10.1 Å². The van der Waals surface area contributed by atoms with Crippen LogP contribution in [0.3, 0.4) is 0 Å². The molecule has 1 unspecified atom stereocenters. The summed E-state index contributed by atoms with van der Waals surface area (Å²) < 4.78 is 16.4. The molecule has 0 aliphatic rings. The Morgan fingerprint density at radius 2 is 1.90 bits per heavy atom. The molecule has 4 rings (SSSR count). The standard InChI is InChI=1S/C22H20FN5O2/c1-15(13-20(29)24-17-7-3-2-4-8-17)12-19-25-26-21-22(30)27(10-11-28(19)21)18-9-5-6-16(23)14-18/h2-11,14-15H,12-13H2,1H3,(H,24,29). The number of amides is 1. The molecule has 8 heteroatoms. The highest BCUT2D eigenvalue weighted by Gasteiger charge is 2.16. The van der Waals surface area contributed by atoms with Gasteiger partial charge in [0.05, 0.1) is 5.69 Å². The van der Waals surface area contributed by atoms with E-state index in [-0.39, 0.29) is 17.5 Å². The number of rotatable bonds is 6. The first-order valence-electron chi connectivity index (χ1n) is 9.57. The zero-order valence-corrected chi connectivity index (χ0v) is 16.3. The Kier molecular flexibility index (Phi) is 5.38. The molecule has 0 spiro atoms. The number of anilines is 1. The SMILES string of the molecule is CC(CC(=O)Nc1ccccc1)Cc1nnc2c(=O)n(-c3cccc(F)c3)ccn12. The van der Waals surface area contributed by atoms with E-state index in [2.05, 4.69) is 15.5 Å². The van der Waals surface area contributed by atoms with Crippen molar-refractivity contribution in [1.82, 2.24) is 19.2 Å². The predicted molar refractivity (Wildman–Crippen MR) is 111 cm³/mol. The van der Waals surface area contributed by atoms with Crippen LogP contribution in [0.1, 0.15) is 19.2 Å². The number of nitrogens with one attached hydrogen (secondary N) is 1. The molecule has 0 saturated carbocycles. The summed E-state index contributed by atoms with van der Waals surface area (Å²) in [5.74, 6) is 0.0697. The lowest BCUT2D eigenvalue weighted by Crippen LogP contribution is -2.21. The molecule has 2 heterocycles. The van der Waals surface area contributed by atoms with E-state index >= 15 is 0 Å². The van der Waals surface area contributed by atoms with E-state index in [1.165, 1.54) is 16.7 Å². The normalized spacial score (nSPS) is 12.1. The number of carbonyl (C=O) groups is 1. The molecule has 0 fully saturated rings. The second-order valence-electron chi connectivity index (χ2n) is 7.19. The van der Waals surface area contributed by atoms with Gasteiger partial charge < -0.3 is 5.32 Å². The quantitative estimate of drug-likeness (QED) is 0.534. The van der Waals surface area contributed by atoms with Gasteiger partial charge >= 0.3 is 5.56 Å². The third kappa shape index (κ3) is 4.12. The minimum atomic E-state index is -0.427. The summed E-state index contributed by atoms with van der Waals surface area (Å²) in [6, 6.07) is 15.0. The van der Waals surface area contributed by atoms with Crippen molar-refractivity contribution in [1.29, 1.82) is 0 Å². The van der Waals surface area contributed by atoms with E-state index in [4.69, 9.17) is 0 Å². The fraction of sp³-hybridized carbons (Fsp3) is 0.182. The molecular formula is C22H20FN5O2. The largest absolute Gasteiger partial charge is 0.326 e. The maximum atomic E-state index is 13.5. The third-order valence-corrected chi connectivity index (χ3v) is 4.75. The Balaban J connectivity index is 1.50. The van der Waals surface area contributed by atoms with Gasteiger partial charge in [0.2, 0.25) is 11.6 Å². The van der Waals surface area contributed by atoms with Gasteiger partial charge in [0.25, 0.3) is 0 Å². The highest BCUT2D eigenvalue weighted by Crippen LogP contribution is 2.14. The van der Waals surface area contributed by atoms with Crippen LogP contribution in [0.25, 0.3) is 11.3 Å². The number of para-hydroxylation sites is 1. The van der Waals surface area contributed by atoms with E-state index in [1.54, 1.807) is 28.9 Å². The number of halogens is 1. The van der Waals surface area contributed by atoms with Gasteiger partial charge in [-0.3, -0.25) is 18.6 Å². The van der Waals surface area contributed by atoms with Gasteiger partial charge in [0.15, 0.2) is 0 Å². The van der Waals surface area contributed by atoms with Gasteiger partial charge in [-0.1, -0.05) is 31.2 Å². The average Bonchev–Trinajstić information content (AvgIpc) is 3.12. The Morgan fingerprint density at radius 1 is 1.10 bits per heavy atom. The molecule has 1 atom stereocenters. The van der Waals surface area contributed by atoms with E-state index in [9.17, 15) is 14.0 Å². The van der Waals surface area contributed by atoms with Crippen LogP contribution in [0.2, 0.25) is 0 Å². The topological polar surface area (TPSA) is 81.3 Å². The number of nitrogens with zero attached hydrogens (tertiary/aromatic N) is 4. The molecular weight excluding hydrogens is 385 g/mol. The summed E-state index contributed by atoms with van der Waals surface area (Å²) in [4.78, 5) is 25.0. The van der Waals surface area contributed by atoms with Gasteiger partial charge in [0, 0.05) is 30.9 Å². The highest BCUT2D eigenvalue weighted by atomic mass is 19.1. The summed E-state index contributed by atoms with van der Waals surface area (Å²) in [6.45, 7) is 1.94. The number of fused-ring (bicyclic) bond motifs is 1. The Labute approximate surface area is 171 Å². The van der Waals surface area contributed by atoms with E-state index < -0.39 is 11.4 Å². The van der Waals surface area contributed by atoms with Crippen molar-refractivity contribution < 1.29 is 9.18 Å². The lowest BCUT2D eigenvalue weighted by Gasteiger charge is -2.11. The maximum absolute atomic E-state index is 13.5. The lowest BCUT2D eigenvalue weighted by molar-refractivity contribution is -0.116. The molecule has 0 aliphatic carbocycles. The Hall–Kier alpha value is -3.81. The van der Waals surface area contributed by atoms with Crippen molar-refractivity contribution in [2.75, 3.05) is 5.32 Å². The second-order valence-corrected chi connectivity index (χ2v) is 7.19. The summed E-state index contributed by atoms with van der Waals surface area (Å²) in [6.07, 6.45) is 4.02. The number of benzene rings is 2. The summed E-state index contributed by atoms with van der Waals surface area (Å²) in [7, 11) is 0. The fourth-order valence-electron chi connectivity index (χ4n) is 3.34. The Bertz CT molecular complexity index is 1250. The van der Waals surface area contributed by atoms with Crippen molar-refractivity contribution in [3.8, 4) is 5.69 Å². The smallest absolute Gasteiger partial charge is 0.300 e. The van der Waals surface area contributed by atoms with Crippen molar-refractivity contribution in [3.05, 3.63) is 89.0 Å². The van der Waals surface area contributed by atoms with E-state index in [1.807, 2.05) is 37.3 Å². The van der Waals surface area contributed by atoms with Crippen LogP contribution in [-0.2, 0) is 11.2 Å². The fourth-order valence-corrected chi connectivity index (χ4v) is 3.34. The van der Waals surface area contributed by atoms with Crippen LogP contribution in [0.15, 0.2) is 71.8 Å². The predicted octanol–water partition coefficient (Wildman–Crippen LogP) is 3.23. The molecule has 1 N–H and O–H groups in total. The minimum Gasteiger partial charge on any atom is -0.326 e. The molecule has 1 amide bonds.